The second kappa shape index (κ2) is 15.3. The van der Waals surface area contributed by atoms with Crippen molar-refractivity contribution in [3.63, 3.8) is 0 Å². The van der Waals surface area contributed by atoms with Crippen LogP contribution in [0.5, 0.6) is 0 Å². The highest BCUT2D eigenvalue weighted by molar-refractivity contribution is 7.27. The van der Waals surface area contributed by atoms with Crippen LogP contribution in [0, 0.1) is 0 Å². The minimum Gasteiger partial charge on any atom is -0.456 e. The van der Waals surface area contributed by atoms with Crippen LogP contribution in [0.2, 0.25) is 0 Å². The number of furan rings is 2. The van der Waals surface area contributed by atoms with E-state index < -0.39 is 0 Å². The van der Waals surface area contributed by atoms with Crippen LogP contribution < -0.4 is 9.80 Å². The molecular formula is C66H38N2O2S2. The van der Waals surface area contributed by atoms with E-state index in [0.29, 0.717) is 0 Å². The van der Waals surface area contributed by atoms with Crippen molar-refractivity contribution in [2.45, 2.75) is 0 Å². The third kappa shape index (κ3) is 6.03. The van der Waals surface area contributed by atoms with Crippen LogP contribution >= 0.6 is 22.7 Å². The first kappa shape index (κ1) is 39.9. The predicted octanol–water partition coefficient (Wildman–Crippen LogP) is 20.6. The Balaban J connectivity index is 0.780. The van der Waals surface area contributed by atoms with Crippen molar-refractivity contribution in [2.24, 2.45) is 0 Å². The minimum atomic E-state index is 0.845. The van der Waals surface area contributed by atoms with Gasteiger partial charge in [0, 0.05) is 108 Å². The van der Waals surface area contributed by atoms with Crippen LogP contribution in [0.3, 0.4) is 0 Å². The standard InChI is InChI=1S/C66H38N2O2S2/c1-3-13-43(14-4-1)67(47-23-29-53-55-25-19-39-11-7-9-17-49(39)65(55)71-63(53)37-47)45-21-27-51-57-31-41-34-60-58(32-42(41)33-59(57)69-61(51)35-45)52-28-22-46(36-62(52)70-60)68(44-15-5-2-6-16-44)48-24-30-54-56-26-20-40-12-8-10-18-50(40)66(56)72-64(54)38-48/h1-38H. The fourth-order valence-corrected chi connectivity index (χ4v) is 13.9. The largest absolute Gasteiger partial charge is 0.456 e. The molecule has 0 saturated carbocycles. The van der Waals surface area contributed by atoms with Gasteiger partial charge in [0.25, 0.3) is 0 Å². The van der Waals surface area contributed by atoms with Crippen LogP contribution in [-0.4, -0.2) is 0 Å². The summed E-state index contributed by atoms with van der Waals surface area (Å²) in [4.78, 5) is 4.67. The molecule has 0 fully saturated rings. The van der Waals surface area contributed by atoms with Gasteiger partial charge in [-0.1, -0.05) is 121 Å². The molecule has 16 aromatic rings. The molecule has 12 aromatic carbocycles. The van der Waals surface area contributed by atoms with Crippen molar-refractivity contribution in [1.29, 1.82) is 0 Å². The van der Waals surface area contributed by atoms with Gasteiger partial charge in [-0.15, -0.1) is 22.7 Å². The Morgan fingerprint density at radius 2 is 0.611 bits per heavy atom. The molecular weight excluding hydrogens is 917 g/mol. The summed E-state index contributed by atoms with van der Waals surface area (Å²) in [5.74, 6) is 0. The van der Waals surface area contributed by atoms with Gasteiger partial charge in [0.15, 0.2) is 0 Å². The molecule has 4 heterocycles. The number of anilines is 6. The van der Waals surface area contributed by atoms with Crippen molar-refractivity contribution in [3.8, 4) is 0 Å². The molecule has 0 aliphatic heterocycles. The zero-order valence-corrected chi connectivity index (χ0v) is 40.1. The number of hydrogen-bond donors (Lipinski definition) is 0. The van der Waals surface area contributed by atoms with E-state index in [9.17, 15) is 0 Å². The molecule has 0 unspecified atom stereocenters. The van der Waals surface area contributed by atoms with Gasteiger partial charge >= 0.3 is 0 Å². The number of nitrogens with zero attached hydrogens (tertiary/aromatic N) is 2. The van der Waals surface area contributed by atoms with E-state index in [1.165, 1.54) is 61.9 Å². The number of hydrogen-bond acceptors (Lipinski definition) is 6. The van der Waals surface area contributed by atoms with E-state index in [2.05, 4.69) is 240 Å². The van der Waals surface area contributed by atoms with Crippen molar-refractivity contribution in [1.82, 2.24) is 0 Å². The Bertz CT molecular complexity index is 4580. The lowest BCUT2D eigenvalue weighted by molar-refractivity contribution is 0.668. The Hall–Kier alpha value is -8.94. The molecule has 0 aliphatic rings. The van der Waals surface area contributed by atoms with Gasteiger partial charge in [0.2, 0.25) is 0 Å². The molecule has 4 nitrogen and oxygen atoms in total. The zero-order chi connectivity index (χ0) is 47.0. The molecule has 0 atom stereocenters. The summed E-state index contributed by atoms with van der Waals surface area (Å²) in [7, 11) is 0. The van der Waals surface area contributed by atoms with E-state index >= 15 is 0 Å². The Morgan fingerprint density at radius 1 is 0.236 bits per heavy atom. The lowest BCUT2D eigenvalue weighted by Crippen LogP contribution is -2.09. The molecule has 6 heteroatoms. The maximum atomic E-state index is 6.79. The molecule has 4 aromatic heterocycles. The average molecular weight is 955 g/mol. The van der Waals surface area contributed by atoms with Crippen LogP contribution in [0.25, 0.3) is 117 Å². The molecule has 72 heavy (non-hydrogen) atoms. The third-order valence-corrected chi connectivity index (χ3v) is 17.1. The maximum Gasteiger partial charge on any atom is 0.137 e. The molecule has 0 radical (unpaired) electrons. The smallest absolute Gasteiger partial charge is 0.137 e. The Kier molecular flexibility index (Phi) is 8.46. The van der Waals surface area contributed by atoms with Crippen LogP contribution in [0.1, 0.15) is 0 Å². The molecule has 16 rings (SSSR count). The topological polar surface area (TPSA) is 32.8 Å². The molecule has 0 spiro atoms. The zero-order valence-electron chi connectivity index (χ0n) is 38.5. The van der Waals surface area contributed by atoms with E-state index in [1.54, 1.807) is 0 Å². The molecule has 0 bridgehead atoms. The van der Waals surface area contributed by atoms with E-state index in [0.717, 1.165) is 88.8 Å². The Labute approximate surface area is 420 Å². The monoisotopic (exact) mass is 954 g/mol. The summed E-state index contributed by atoms with van der Waals surface area (Å²) >= 11 is 3.74. The lowest BCUT2D eigenvalue weighted by atomic mass is 10.0. The number of para-hydroxylation sites is 2. The fourth-order valence-electron chi connectivity index (χ4n) is 11.4. The van der Waals surface area contributed by atoms with Crippen molar-refractivity contribution >= 4 is 173 Å². The highest BCUT2D eigenvalue weighted by Gasteiger charge is 2.21. The van der Waals surface area contributed by atoms with E-state index in [1.807, 2.05) is 22.7 Å². The third-order valence-electron chi connectivity index (χ3n) is 14.7. The highest BCUT2D eigenvalue weighted by Crippen LogP contribution is 2.47. The Morgan fingerprint density at radius 3 is 1.07 bits per heavy atom. The first-order valence-corrected chi connectivity index (χ1v) is 25.9. The summed E-state index contributed by atoms with van der Waals surface area (Å²) in [6.07, 6.45) is 0. The molecule has 336 valence electrons. The van der Waals surface area contributed by atoms with E-state index in [-0.39, 0.29) is 0 Å². The SMILES string of the molecule is c1ccc(N(c2ccc3c(c2)oc2cc4cc5c(cc4cc23)oc2cc(N(c3ccccc3)c3ccc4c(c3)sc3c6ccccc6ccc43)ccc25)c2ccc3c(c2)sc2c4ccccc4ccc32)cc1. The minimum absolute atomic E-state index is 0.845. The number of fused-ring (bicyclic) bond motifs is 17. The fraction of sp³-hybridized carbons (Fsp3) is 0. The molecule has 0 aliphatic carbocycles. The van der Waals surface area contributed by atoms with Gasteiger partial charge in [0.05, 0.1) is 0 Å². The molecule has 0 saturated heterocycles. The number of thiophene rings is 2. The molecule has 0 N–H and O–H groups in total. The first-order chi connectivity index (χ1) is 35.6. The van der Waals surface area contributed by atoms with Gasteiger partial charge in [-0.25, -0.2) is 0 Å². The van der Waals surface area contributed by atoms with Crippen molar-refractivity contribution in [3.05, 3.63) is 231 Å². The van der Waals surface area contributed by atoms with Gasteiger partial charge in [-0.2, -0.15) is 0 Å². The lowest BCUT2D eigenvalue weighted by Gasteiger charge is -2.25. The normalized spacial score (nSPS) is 12.2. The van der Waals surface area contributed by atoms with Gasteiger partial charge < -0.3 is 18.6 Å². The summed E-state index contributed by atoms with van der Waals surface area (Å²) in [6.45, 7) is 0. The van der Waals surface area contributed by atoms with Crippen LogP contribution in [-0.2, 0) is 0 Å². The summed E-state index contributed by atoms with van der Waals surface area (Å²) in [6, 6.07) is 83.5. The summed E-state index contributed by atoms with van der Waals surface area (Å²) in [5, 5.41) is 16.8. The van der Waals surface area contributed by atoms with Gasteiger partial charge in [-0.05, 0) is 129 Å². The molecule has 0 amide bonds. The first-order valence-electron chi connectivity index (χ1n) is 24.3. The van der Waals surface area contributed by atoms with Crippen LogP contribution in [0.4, 0.5) is 34.1 Å². The quantitative estimate of drug-likeness (QED) is 0.166. The second-order valence-electron chi connectivity index (χ2n) is 18.8. The highest BCUT2D eigenvalue weighted by atomic mass is 32.1. The van der Waals surface area contributed by atoms with Crippen molar-refractivity contribution < 1.29 is 8.83 Å². The maximum absolute atomic E-state index is 6.79. The summed E-state index contributed by atoms with van der Waals surface area (Å²) in [5.41, 5.74) is 9.84. The van der Waals surface area contributed by atoms with E-state index in [4.69, 9.17) is 8.83 Å². The second-order valence-corrected chi connectivity index (χ2v) is 20.9. The number of benzene rings is 12. The van der Waals surface area contributed by atoms with Crippen molar-refractivity contribution in [2.75, 3.05) is 9.80 Å². The average Bonchev–Trinajstić information content (AvgIpc) is 4.20. The number of rotatable bonds is 6. The van der Waals surface area contributed by atoms with Gasteiger partial charge in [-0.3, -0.25) is 0 Å². The van der Waals surface area contributed by atoms with Gasteiger partial charge in [0.1, 0.15) is 22.3 Å². The summed E-state index contributed by atoms with van der Waals surface area (Å²) < 4.78 is 18.8. The predicted molar refractivity (Wildman–Crippen MR) is 309 cm³/mol. The van der Waals surface area contributed by atoms with Crippen LogP contribution in [0.15, 0.2) is 239 Å².